The van der Waals surface area contributed by atoms with Crippen molar-refractivity contribution in [3.8, 4) is 0 Å². The lowest BCUT2D eigenvalue weighted by Gasteiger charge is -2.33. The number of rotatable bonds is 6. The maximum Gasteiger partial charge on any atom is 0.321 e. The van der Waals surface area contributed by atoms with E-state index in [-0.39, 0.29) is 25.2 Å². The summed E-state index contributed by atoms with van der Waals surface area (Å²) in [4.78, 5) is 36.3. The standard InChI is InChI=1S/C13H25N5O3/c1-9(2)16-13(21)17-12(20)8-18(7-11(14)19)10-3-5-15-6-4-10/h9-10,15H,3-8H2,1-2H3,(H2,14,19)(H2,16,17,20,21). The van der Waals surface area contributed by atoms with Crippen molar-refractivity contribution < 1.29 is 14.4 Å². The van der Waals surface area contributed by atoms with Gasteiger partial charge in [0.1, 0.15) is 0 Å². The van der Waals surface area contributed by atoms with E-state index in [1.807, 2.05) is 0 Å². The molecule has 0 radical (unpaired) electrons. The first-order valence-electron chi connectivity index (χ1n) is 7.22. The third kappa shape index (κ3) is 7.05. The van der Waals surface area contributed by atoms with E-state index in [4.69, 9.17) is 5.73 Å². The van der Waals surface area contributed by atoms with Gasteiger partial charge >= 0.3 is 6.03 Å². The third-order valence-electron chi connectivity index (χ3n) is 3.20. The van der Waals surface area contributed by atoms with Crippen LogP contribution in [0.2, 0.25) is 0 Å². The molecule has 1 aliphatic rings. The maximum atomic E-state index is 11.9. The van der Waals surface area contributed by atoms with Gasteiger partial charge in [0.2, 0.25) is 11.8 Å². The second-order valence-corrected chi connectivity index (χ2v) is 5.53. The first kappa shape index (κ1) is 17.4. The highest BCUT2D eigenvalue weighted by Gasteiger charge is 2.24. The zero-order valence-corrected chi connectivity index (χ0v) is 12.6. The lowest BCUT2D eigenvalue weighted by atomic mass is 10.0. The van der Waals surface area contributed by atoms with E-state index in [0.717, 1.165) is 25.9 Å². The van der Waals surface area contributed by atoms with Crippen LogP contribution in [0.3, 0.4) is 0 Å². The molecule has 4 amide bonds. The summed E-state index contributed by atoms with van der Waals surface area (Å²) in [5.74, 6) is -0.916. The summed E-state index contributed by atoms with van der Waals surface area (Å²) in [7, 11) is 0. The predicted molar refractivity (Wildman–Crippen MR) is 78.5 cm³/mol. The Balaban J connectivity index is 2.52. The molecule has 5 N–H and O–H groups in total. The Bertz CT molecular complexity index is 380. The Hall–Kier alpha value is -1.67. The zero-order chi connectivity index (χ0) is 15.8. The average molecular weight is 299 g/mol. The Morgan fingerprint density at radius 2 is 1.86 bits per heavy atom. The number of carbonyl (C=O) groups excluding carboxylic acids is 3. The fraction of sp³-hybridized carbons (Fsp3) is 0.769. The smallest absolute Gasteiger partial charge is 0.321 e. The van der Waals surface area contributed by atoms with Crippen LogP contribution in [-0.4, -0.2) is 61.0 Å². The van der Waals surface area contributed by atoms with Gasteiger partial charge in [-0.15, -0.1) is 0 Å². The number of hydrogen-bond donors (Lipinski definition) is 4. The quantitative estimate of drug-likeness (QED) is 0.489. The Labute approximate surface area is 124 Å². The SMILES string of the molecule is CC(C)NC(=O)NC(=O)CN(CC(N)=O)C1CCNCC1. The lowest BCUT2D eigenvalue weighted by Crippen LogP contribution is -2.52. The van der Waals surface area contributed by atoms with Crippen molar-refractivity contribution in [2.75, 3.05) is 26.2 Å². The molecule has 1 aliphatic heterocycles. The summed E-state index contributed by atoms with van der Waals surface area (Å²) >= 11 is 0. The Kier molecular flexibility index (Phi) is 7.10. The molecule has 0 unspecified atom stereocenters. The van der Waals surface area contributed by atoms with Gasteiger partial charge in [0.15, 0.2) is 0 Å². The minimum Gasteiger partial charge on any atom is -0.369 e. The van der Waals surface area contributed by atoms with Crippen molar-refractivity contribution in [3.63, 3.8) is 0 Å². The lowest BCUT2D eigenvalue weighted by molar-refractivity contribution is -0.124. The van der Waals surface area contributed by atoms with Crippen LogP contribution < -0.4 is 21.7 Å². The predicted octanol–water partition coefficient (Wildman–Crippen LogP) is -1.24. The number of carbonyl (C=O) groups is 3. The van der Waals surface area contributed by atoms with E-state index in [9.17, 15) is 14.4 Å². The van der Waals surface area contributed by atoms with Crippen LogP contribution in [-0.2, 0) is 9.59 Å². The van der Waals surface area contributed by atoms with Gasteiger partial charge < -0.3 is 16.4 Å². The molecule has 0 aliphatic carbocycles. The number of nitrogens with two attached hydrogens (primary N) is 1. The topological polar surface area (TPSA) is 117 Å². The zero-order valence-electron chi connectivity index (χ0n) is 12.6. The fourth-order valence-corrected chi connectivity index (χ4v) is 2.33. The van der Waals surface area contributed by atoms with Crippen molar-refractivity contribution in [2.45, 2.75) is 38.8 Å². The van der Waals surface area contributed by atoms with E-state index in [1.165, 1.54) is 0 Å². The molecule has 0 aromatic rings. The molecule has 0 bridgehead atoms. The highest BCUT2D eigenvalue weighted by molar-refractivity contribution is 5.95. The van der Waals surface area contributed by atoms with Gasteiger partial charge in [0.25, 0.3) is 0 Å². The van der Waals surface area contributed by atoms with Gasteiger partial charge in [0, 0.05) is 12.1 Å². The number of imide groups is 1. The monoisotopic (exact) mass is 299 g/mol. The first-order chi connectivity index (χ1) is 9.88. The molecular formula is C13H25N5O3. The molecule has 0 aromatic heterocycles. The Morgan fingerprint density at radius 1 is 1.24 bits per heavy atom. The van der Waals surface area contributed by atoms with Gasteiger partial charge in [-0.3, -0.25) is 19.8 Å². The largest absolute Gasteiger partial charge is 0.369 e. The van der Waals surface area contributed by atoms with Gasteiger partial charge in [-0.05, 0) is 39.8 Å². The summed E-state index contributed by atoms with van der Waals surface area (Å²) < 4.78 is 0. The first-order valence-corrected chi connectivity index (χ1v) is 7.22. The van der Waals surface area contributed by atoms with Crippen LogP contribution in [0.5, 0.6) is 0 Å². The van der Waals surface area contributed by atoms with Crippen molar-refractivity contribution >= 4 is 17.8 Å². The number of piperidine rings is 1. The van der Waals surface area contributed by atoms with Crippen molar-refractivity contribution in [1.29, 1.82) is 0 Å². The van der Waals surface area contributed by atoms with Gasteiger partial charge in [-0.25, -0.2) is 4.79 Å². The molecule has 0 atom stereocenters. The molecule has 0 spiro atoms. The number of primary amides is 1. The van der Waals surface area contributed by atoms with Crippen LogP contribution in [0.25, 0.3) is 0 Å². The van der Waals surface area contributed by atoms with Crippen molar-refractivity contribution in [1.82, 2.24) is 20.9 Å². The molecule has 1 saturated heterocycles. The third-order valence-corrected chi connectivity index (χ3v) is 3.20. The van der Waals surface area contributed by atoms with Gasteiger partial charge in [-0.2, -0.15) is 0 Å². The van der Waals surface area contributed by atoms with Gasteiger partial charge in [0.05, 0.1) is 13.1 Å². The molecule has 21 heavy (non-hydrogen) atoms. The number of hydrogen-bond acceptors (Lipinski definition) is 5. The summed E-state index contributed by atoms with van der Waals surface area (Å²) in [5.41, 5.74) is 5.24. The summed E-state index contributed by atoms with van der Waals surface area (Å²) in [6, 6.07) is -0.457. The minimum atomic E-state index is -0.528. The fourth-order valence-electron chi connectivity index (χ4n) is 2.33. The molecule has 8 heteroatoms. The van der Waals surface area contributed by atoms with E-state index < -0.39 is 17.8 Å². The van der Waals surface area contributed by atoms with E-state index in [0.29, 0.717) is 0 Å². The second kappa shape index (κ2) is 8.58. The summed E-state index contributed by atoms with van der Waals surface area (Å²) in [6.45, 7) is 5.30. The number of urea groups is 1. The van der Waals surface area contributed by atoms with Crippen LogP contribution in [0.1, 0.15) is 26.7 Å². The van der Waals surface area contributed by atoms with Crippen LogP contribution in [0.15, 0.2) is 0 Å². The molecule has 1 fully saturated rings. The van der Waals surface area contributed by atoms with Crippen molar-refractivity contribution in [3.05, 3.63) is 0 Å². The molecular weight excluding hydrogens is 274 g/mol. The molecule has 0 saturated carbocycles. The summed E-state index contributed by atoms with van der Waals surface area (Å²) in [6.07, 6.45) is 1.69. The van der Waals surface area contributed by atoms with Crippen LogP contribution in [0, 0.1) is 0 Å². The van der Waals surface area contributed by atoms with Crippen LogP contribution >= 0.6 is 0 Å². The van der Waals surface area contributed by atoms with Crippen LogP contribution in [0.4, 0.5) is 4.79 Å². The minimum absolute atomic E-state index is 0.0148. The highest BCUT2D eigenvalue weighted by atomic mass is 16.2. The normalized spacial score (nSPS) is 16.0. The van der Waals surface area contributed by atoms with Gasteiger partial charge in [-0.1, -0.05) is 0 Å². The molecule has 1 rings (SSSR count). The molecule has 1 heterocycles. The molecule has 8 nitrogen and oxygen atoms in total. The number of amides is 4. The second-order valence-electron chi connectivity index (χ2n) is 5.53. The average Bonchev–Trinajstić information content (AvgIpc) is 2.37. The Morgan fingerprint density at radius 3 is 2.38 bits per heavy atom. The van der Waals surface area contributed by atoms with E-state index >= 15 is 0 Å². The van der Waals surface area contributed by atoms with E-state index in [2.05, 4.69) is 16.0 Å². The molecule has 120 valence electrons. The maximum absolute atomic E-state index is 11.9. The number of nitrogens with one attached hydrogen (secondary N) is 3. The van der Waals surface area contributed by atoms with E-state index in [1.54, 1.807) is 18.7 Å². The molecule has 0 aromatic carbocycles. The number of nitrogens with zero attached hydrogens (tertiary/aromatic N) is 1. The highest BCUT2D eigenvalue weighted by Crippen LogP contribution is 2.11. The summed E-state index contributed by atoms with van der Waals surface area (Å²) in [5, 5.41) is 8.05. The van der Waals surface area contributed by atoms with Crippen molar-refractivity contribution in [2.24, 2.45) is 5.73 Å².